The monoisotopic (exact) mass is 269 g/mol. The van der Waals surface area contributed by atoms with E-state index in [9.17, 15) is 0 Å². The normalized spacial score (nSPS) is 20.1. The fourth-order valence-electron chi connectivity index (χ4n) is 2.05. The van der Waals surface area contributed by atoms with Gasteiger partial charge in [0.1, 0.15) is 4.60 Å². The number of piperidine rings is 1. The maximum absolute atomic E-state index is 6.23. The van der Waals surface area contributed by atoms with E-state index >= 15 is 0 Å². The molecule has 0 aliphatic carbocycles. The Balaban J connectivity index is 2.08. The van der Waals surface area contributed by atoms with Crippen LogP contribution in [0, 0.1) is 5.92 Å². The minimum Gasteiger partial charge on any atom is -0.322 e. The average molecular weight is 270 g/mol. The Kier molecular flexibility index (Phi) is 3.72. The van der Waals surface area contributed by atoms with Crippen LogP contribution in [0.1, 0.15) is 24.6 Å². The third-order valence-electron chi connectivity index (χ3n) is 2.97. The second-order valence-corrected chi connectivity index (χ2v) is 4.81. The molecule has 3 N–H and O–H groups in total. The molecule has 0 saturated carbocycles. The lowest BCUT2D eigenvalue weighted by Crippen LogP contribution is -2.34. The van der Waals surface area contributed by atoms with Gasteiger partial charge in [-0.25, -0.2) is 4.98 Å². The van der Waals surface area contributed by atoms with Gasteiger partial charge < -0.3 is 11.1 Å². The van der Waals surface area contributed by atoms with E-state index in [1.165, 1.54) is 0 Å². The molecule has 3 nitrogen and oxygen atoms in total. The first-order chi connectivity index (χ1) is 7.27. The van der Waals surface area contributed by atoms with Crippen molar-refractivity contribution in [3.05, 3.63) is 28.5 Å². The van der Waals surface area contributed by atoms with Crippen LogP contribution < -0.4 is 11.1 Å². The van der Waals surface area contributed by atoms with Crippen LogP contribution in [0.4, 0.5) is 0 Å². The molecule has 1 fully saturated rings. The fraction of sp³-hybridized carbons (Fsp3) is 0.545. The third-order valence-corrected chi connectivity index (χ3v) is 3.41. The molecule has 1 aromatic rings. The van der Waals surface area contributed by atoms with E-state index in [-0.39, 0.29) is 6.04 Å². The number of halogens is 1. The van der Waals surface area contributed by atoms with Gasteiger partial charge in [-0.1, -0.05) is 6.07 Å². The summed E-state index contributed by atoms with van der Waals surface area (Å²) in [6.07, 6.45) is 2.30. The van der Waals surface area contributed by atoms with Crippen molar-refractivity contribution in [3.63, 3.8) is 0 Å². The fourth-order valence-corrected chi connectivity index (χ4v) is 2.41. The zero-order chi connectivity index (χ0) is 10.7. The molecule has 0 amide bonds. The number of nitrogens with zero attached hydrogens (tertiary/aromatic N) is 1. The molecular weight excluding hydrogens is 254 g/mol. The van der Waals surface area contributed by atoms with Gasteiger partial charge in [-0.15, -0.1) is 0 Å². The van der Waals surface area contributed by atoms with E-state index in [0.717, 1.165) is 36.2 Å². The van der Waals surface area contributed by atoms with Crippen molar-refractivity contribution in [1.82, 2.24) is 10.3 Å². The standard InChI is InChI=1S/C11H16BrN3/c12-10-3-1-2-9(15-10)11(13)8-4-6-14-7-5-8/h1-3,8,11,14H,4-7,13H2/t11-/m1/s1. The van der Waals surface area contributed by atoms with Crippen LogP contribution in [0.15, 0.2) is 22.8 Å². The predicted octanol–water partition coefficient (Wildman–Crippen LogP) is 1.84. The first-order valence-corrected chi connectivity index (χ1v) is 6.15. The Morgan fingerprint density at radius 1 is 1.40 bits per heavy atom. The Morgan fingerprint density at radius 3 is 2.80 bits per heavy atom. The third kappa shape index (κ3) is 2.77. The lowest BCUT2D eigenvalue weighted by molar-refractivity contribution is 0.318. The van der Waals surface area contributed by atoms with Crippen molar-refractivity contribution in [2.75, 3.05) is 13.1 Å². The zero-order valence-corrected chi connectivity index (χ0v) is 10.2. The summed E-state index contributed by atoms with van der Waals surface area (Å²) in [6.45, 7) is 2.15. The molecule has 1 aliphatic heterocycles. The summed E-state index contributed by atoms with van der Waals surface area (Å²) in [5, 5.41) is 3.35. The molecule has 1 saturated heterocycles. The number of hydrogen-bond donors (Lipinski definition) is 2. The van der Waals surface area contributed by atoms with Gasteiger partial charge >= 0.3 is 0 Å². The molecule has 0 bridgehead atoms. The Labute approximate surface area is 98.6 Å². The molecule has 2 heterocycles. The predicted molar refractivity (Wildman–Crippen MR) is 64.5 cm³/mol. The van der Waals surface area contributed by atoms with Crippen LogP contribution in [0.2, 0.25) is 0 Å². The molecule has 15 heavy (non-hydrogen) atoms. The summed E-state index contributed by atoms with van der Waals surface area (Å²) in [7, 11) is 0. The number of nitrogens with one attached hydrogen (secondary N) is 1. The average Bonchev–Trinajstić information content (AvgIpc) is 2.29. The smallest absolute Gasteiger partial charge is 0.106 e. The molecule has 4 heteroatoms. The summed E-state index contributed by atoms with van der Waals surface area (Å²) in [5.41, 5.74) is 7.22. The van der Waals surface area contributed by atoms with E-state index in [4.69, 9.17) is 5.73 Å². The second kappa shape index (κ2) is 5.05. The zero-order valence-electron chi connectivity index (χ0n) is 8.62. The highest BCUT2D eigenvalue weighted by molar-refractivity contribution is 9.10. The largest absolute Gasteiger partial charge is 0.322 e. The van der Waals surface area contributed by atoms with Crippen molar-refractivity contribution < 1.29 is 0 Å². The molecule has 1 aromatic heterocycles. The second-order valence-electron chi connectivity index (χ2n) is 4.00. The lowest BCUT2D eigenvalue weighted by atomic mass is 9.89. The minimum absolute atomic E-state index is 0.0737. The van der Waals surface area contributed by atoms with E-state index < -0.39 is 0 Å². The van der Waals surface area contributed by atoms with Gasteiger partial charge in [-0.3, -0.25) is 0 Å². The van der Waals surface area contributed by atoms with Crippen LogP contribution in [0.25, 0.3) is 0 Å². The summed E-state index contributed by atoms with van der Waals surface area (Å²) in [4.78, 5) is 4.42. The van der Waals surface area contributed by atoms with E-state index in [1.807, 2.05) is 18.2 Å². The number of aromatic nitrogens is 1. The van der Waals surface area contributed by atoms with Gasteiger partial charge in [-0.05, 0) is 59.9 Å². The molecule has 0 spiro atoms. The number of pyridine rings is 1. The SMILES string of the molecule is N[C@@H](c1cccc(Br)n1)C1CCNCC1. The van der Waals surface area contributed by atoms with Crippen LogP contribution >= 0.6 is 15.9 Å². The van der Waals surface area contributed by atoms with Crippen LogP contribution in [-0.4, -0.2) is 18.1 Å². The van der Waals surface area contributed by atoms with Gasteiger partial charge in [0.25, 0.3) is 0 Å². The molecule has 0 aromatic carbocycles. The summed E-state index contributed by atoms with van der Waals surface area (Å²) >= 11 is 3.38. The van der Waals surface area contributed by atoms with Crippen LogP contribution in [0.5, 0.6) is 0 Å². The highest BCUT2D eigenvalue weighted by Gasteiger charge is 2.22. The van der Waals surface area contributed by atoms with Crippen molar-refractivity contribution in [1.29, 1.82) is 0 Å². The molecule has 82 valence electrons. The molecule has 1 atom stereocenters. The Hall–Kier alpha value is -0.450. The van der Waals surface area contributed by atoms with Gasteiger partial charge in [0.15, 0.2) is 0 Å². The highest BCUT2D eigenvalue weighted by Crippen LogP contribution is 2.26. The maximum Gasteiger partial charge on any atom is 0.106 e. The minimum atomic E-state index is 0.0737. The van der Waals surface area contributed by atoms with Crippen molar-refractivity contribution in [2.24, 2.45) is 11.7 Å². The van der Waals surface area contributed by atoms with E-state index in [1.54, 1.807) is 0 Å². The molecule has 2 rings (SSSR count). The first kappa shape index (κ1) is 11.0. The topological polar surface area (TPSA) is 50.9 Å². The summed E-state index contributed by atoms with van der Waals surface area (Å²) in [6, 6.07) is 6.01. The number of nitrogens with two attached hydrogens (primary N) is 1. The van der Waals surface area contributed by atoms with Crippen molar-refractivity contribution >= 4 is 15.9 Å². The quantitative estimate of drug-likeness (QED) is 0.806. The Morgan fingerprint density at radius 2 is 2.13 bits per heavy atom. The Bertz CT molecular complexity index is 323. The van der Waals surface area contributed by atoms with Gasteiger partial charge in [0, 0.05) is 6.04 Å². The van der Waals surface area contributed by atoms with Gasteiger partial charge in [0.2, 0.25) is 0 Å². The molecule has 1 aliphatic rings. The summed E-state index contributed by atoms with van der Waals surface area (Å²) in [5.74, 6) is 0.563. The lowest BCUT2D eigenvalue weighted by Gasteiger charge is -2.27. The van der Waals surface area contributed by atoms with E-state index in [0.29, 0.717) is 5.92 Å². The van der Waals surface area contributed by atoms with Crippen LogP contribution in [-0.2, 0) is 0 Å². The number of rotatable bonds is 2. The summed E-state index contributed by atoms with van der Waals surface area (Å²) < 4.78 is 0.865. The first-order valence-electron chi connectivity index (χ1n) is 5.36. The van der Waals surface area contributed by atoms with Crippen LogP contribution in [0.3, 0.4) is 0 Å². The van der Waals surface area contributed by atoms with Crippen molar-refractivity contribution in [3.8, 4) is 0 Å². The van der Waals surface area contributed by atoms with Gasteiger partial charge in [-0.2, -0.15) is 0 Å². The van der Waals surface area contributed by atoms with Crippen molar-refractivity contribution in [2.45, 2.75) is 18.9 Å². The molecular formula is C11H16BrN3. The molecule has 0 radical (unpaired) electrons. The maximum atomic E-state index is 6.23. The highest BCUT2D eigenvalue weighted by atomic mass is 79.9. The van der Waals surface area contributed by atoms with Gasteiger partial charge in [0.05, 0.1) is 5.69 Å². The van der Waals surface area contributed by atoms with E-state index in [2.05, 4.69) is 26.2 Å². The number of hydrogen-bond acceptors (Lipinski definition) is 3. The molecule has 0 unspecified atom stereocenters.